The van der Waals surface area contributed by atoms with Crippen LogP contribution in [-0.2, 0) is 16.1 Å². The molecule has 0 radical (unpaired) electrons. The summed E-state index contributed by atoms with van der Waals surface area (Å²) in [6, 6.07) is 11.8. The number of ether oxygens (including phenoxy) is 1. The Morgan fingerprint density at radius 3 is 2.28 bits per heavy atom. The molecule has 156 valence electrons. The summed E-state index contributed by atoms with van der Waals surface area (Å²) in [6.45, 7) is 7.24. The molecular weight excluding hydrogens is 411 g/mol. The lowest BCUT2D eigenvalue weighted by atomic mass is 10.1. The molecule has 0 aliphatic carbocycles. The molecular formula is C22H26Cl2N2O3. The number of hydrogen-bond donors (Lipinski definition) is 1. The maximum absolute atomic E-state index is 13.0. The van der Waals surface area contributed by atoms with Crippen LogP contribution >= 0.6 is 23.2 Å². The van der Waals surface area contributed by atoms with Gasteiger partial charge in [-0.15, -0.1) is 0 Å². The first kappa shape index (κ1) is 23.0. The Balaban J connectivity index is 2.22. The first-order chi connectivity index (χ1) is 13.7. The summed E-state index contributed by atoms with van der Waals surface area (Å²) in [5.74, 6) is -0.00524. The molecule has 0 bridgehead atoms. The number of hydrogen-bond acceptors (Lipinski definition) is 3. The number of benzene rings is 2. The molecule has 2 aromatic carbocycles. The van der Waals surface area contributed by atoms with Crippen LogP contribution in [0.15, 0.2) is 42.5 Å². The molecule has 0 saturated carbocycles. The van der Waals surface area contributed by atoms with Crippen molar-refractivity contribution >= 4 is 35.0 Å². The minimum atomic E-state index is -0.724. The van der Waals surface area contributed by atoms with Crippen LogP contribution in [0.3, 0.4) is 0 Å². The fraction of sp³-hybridized carbons (Fsp3) is 0.364. The van der Waals surface area contributed by atoms with Gasteiger partial charge in [0.05, 0.1) is 0 Å². The molecule has 29 heavy (non-hydrogen) atoms. The van der Waals surface area contributed by atoms with E-state index in [-0.39, 0.29) is 31.0 Å². The molecule has 7 heteroatoms. The lowest BCUT2D eigenvalue weighted by Crippen LogP contribution is -2.50. The van der Waals surface area contributed by atoms with E-state index in [2.05, 4.69) is 5.32 Å². The Morgan fingerprint density at radius 2 is 1.69 bits per heavy atom. The minimum absolute atomic E-state index is 0.0469. The van der Waals surface area contributed by atoms with Crippen molar-refractivity contribution < 1.29 is 14.3 Å². The van der Waals surface area contributed by atoms with Crippen LogP contribution in [0.5, 0.6) is 5.75 Å². The maximum Gasteiger partial charge on any atom is 0.261 e. The summed E-state index contributed by atoms with van der Waals surface area (Å²) < 4.78 is 5.65. The quantitative estimate of drug-likeness (QED) is 0.656. The molecule has 1 atom stereocenters. The van der Waals surface area contributed by atoms with Gasteiger partial charge < -0.3 is 15.0 Å². The summed E-state index contributed by atoms with van der Waals surface area (Å²) in [7, 11) is 0. The number of halogens is 2. The molecule has 1 N–H and O–H groups in total. The summed E-state index contributed by atoms with van der Waals surface area (Å²) >= 11 is 12.6. The van der Waals surface area contributed by atoms with Gasteiger partial charge in [0, 0.05) is 28.2 Å². The Hall–Kier alpha value is -2.24. The van der Waals surface area contributed by atoms with E-state index < -0.39 is 6.04 Å². The lowest BCUT2D eigenvalue weighted by molar-refractivity contribution is -0.142. The fourth-order valence-corrected chi connectivity index (χ4v) is 3.29. The van der Waals surface area contributed by atoms with Crippen LogP contribution in [0.2, 0.25) is 10.0 Å². The van der Waals surface area contributed by atoms with Crippen molar-refractivity contribution in [3.05, 3.63) is 63.6 Å². The highest BCUT2D eigenvalue weighted by molar-refractivity contribution is 6.36. The van der Waals surface area contributed by atoms with Crippen molar-refractivity contribution in [2.24, 2.45) is 0 Å². The Bertz CT molecular complexity index is 851. The van der Waals surface area contributed by atoms with Crippen molar-refractivity contribution in [3.8, 4) is 5.75 Å². The van der Waals surface area contributed by atoms with Crippen LogP contribution in [0, 0.1) is 6.92 Å². The molecule has 0 unspecified atom stereocenters. The fourth-order valence-electron chi connectivity index (χ4n) is 2.77. The Kier molecular flexibility index (Phi) is 8.35. The highest BCUT2D eigenvalue weighted by atomic mass is 35.5. The van der Waals surface area contributed by atoms with E-state index in [9.17, 15) is 9.59 Å². The standard InChI is InChI=1S/C22H26Cl2N2O3/c1-14(2)25-22(28)16(4)26(12-18-19(23)9-6-10-20(18)24)21(27)13-29-17-8-5-7-15(3)11-17/h5-11,14,16H,12-13H2,1-4H3,(H,25,28)/t16-/m1/s1. The van der Waals surface area contributed by atoms with Crippen LogP contribution in [-0.4, -0.2) is 35.4 Å². The summed E-state index contributed by atoms with van der Waals surface area (Å²) in [5.41, 5.74) is 1.61. The second-order valence-corrected chi connectivity index (χ2v) is 7.98. The van der Waals surface area contributed by atoms with Crippen LogP contribution in [0.4, 0.5) is 0 Å². The number of nitrogens with zero attached hydrogens (tertiary/aromatic N) is 1. The van der Waals surface area contributed by atoms with E-state index >= 15 is 0 Å². The zero-order valence-corrected chi connectivity index (χ0v) is 18.6. The normalized spacial score (nSPS) is 11.8. The van der Waals surface area contributed by atoms with E-state index in [0.717, 1.165) is 5.56 Å². The van der Waals surface area contributed by atoms with Crippen LogP contribution in [0.25, 0.3) is 0 Å². The topological polar surface area (TPSA) is 58.6 Å². The highest BCUT2D eigenvalue weighted by Gasteiger charge is 2.28. The molecule has 0 spiro atoms. The molecule has 5 nitrogen and oxygen atoms in total. The van der Waals surface area contributed by atoms with Gasteiger partial charge in [-0.2, -0.15) is 0 Å². The van der Waals surface area contributed by atoms with E-state index in [1.54, 1.807) is 31.2 Å². The molecule has 2 aromatic rings. The smallest absolute Gasteiger partial charge is 0.261 e. The zero-order chi connectivity index (χ0) is 21.6. The molecule has 0 heterocycles. The largest absolute Gasteiger partial charge is 0.484 e. The van der Waals surface area contributed by atoms with Crippen LogP contribution < -0.4 is 10.1 Å². The Morgan fingerprint density at radius 1 is 1.07 bits per heavy atom. The van der Waals surface area contributed by atoms with E-state index in [1.807, 2.05) is 39.0 Å². The molecule has 0 fully saturated rings. The highest BCUT2D eigenvalue weighted by Crippen LogP contribution is 2.26. The van der Waals surface area contributed by atoms with Gasteiger partial charge in [-0.3, -0.25) is 9.59 Å². The number of rotatable bonds is 8. The van der Waals surface area contributed by atoms with Crippen molar-refractivity contribution in [2.75, 3.05) is 6.61 Å². The average Bonchev–Trinajstić information content (AvgIpc) is 2.65. The van der Waals surface area contributed by atoms with Gasteiger partial charge in [-0.1, -0.05) is 41.4 Å². The zero-order valence-electron chi connectivity index (χ0n) is 17.0. The predicted octanol–water partition coefficient (Wildman–Crippen LogP) is 4.62. The first-order valence-corrected chi connectivity index (χ1v) is 10.2. The number of nitrogens with one attached hydrogen (secondary N) is 1. The first-order valence-electron chi connectivity index (χ1n) is 9.41. The van der Waals surface area contributed by atoms with Gasteiger partial charge in [-0.05, 0) is 57.5 Å². The summed E-state index contributed by atoms with van der Waals surface area (Å²) in [4.78, 5) is 27.0. The average molecular weight is 437 g/mol. The molecule has 0 aliphatic rings. The van der Waals surface area contributed by atoms with E-state index in [4.69, 9.17) is 27.9 Å². The molecule has 2 amide bonds. The SMILES string of the molecule is Cc1cccc(OCC(=O)N(Cc2c(Cl)cccc2Cl)[C@H](C)C(=O)NC(C)C)c1. The number of aryl methyl sites for hydroxylation is 1. The number of carbonyl (C=O) groups excluding carboxylic acids is 2. The van der Waals surface area contributed by atoms with Gasteiger partial charge in [-0.25, -0.2) is 0 Å². The van der Waals surface area contributed by atoms with Crippen molar-refractivity contribution in [1.29, 1.82) is 0 Å². The van der Waals surface area contributed by atoms with Crippen molar-refractivity contribution in [1.82, 2.24) is 10.2 Å². The molecule has 2 rings (SSSR count). The predicted molar refractivity (Wildman–Crippen MR) is 116 cm³/mol. The number of carbonyl (C=O) groups is 2. The maximum atomic E-state index is 13.0. The second kappa shape index (κ2) is 10.5. The second-order valence-electron chi connectivity index (χ2n) is 7.17. The van der Waals surface area contributed by atoms with Gasteiger partial charge in [0.15, 0.2) is 6.61 Å². The van der Waals surface area contributed by atoms with Gasteiger partial charge in [0.25, 0.3) is 5.91 Å². The monoisotopic (exact) mass is 436 g/mol. The third-order valence-electron chi connectivity index (χ3n) is 4.34. The molecule has 0 saturated heterocycles. The van der Waals surface area contributed by atoms with Gasteiger partial charge in [0.2, 0.25) is 5.91 Å². The van der Waals surface area contributed by atoms with Crippen LogP contribution in [0.1, 0.15) is 31.9 Å². The third kappa shape index (κ3) is 6.65. The van der Waals surface area contributed by atoms with Crippen molar-refractivity contribution in [2.45, 2.75) is 46.3 Å². The minimum Gasteiger partial charge on any atom is -0.484 e. The summed E-state index contributed by atoms with van der Waals surface area (Å²) in [5, 5.41) is 3.71. The van der Waals surface area contributed by atoms with E-state index in [0.29, 0.717) is 21.4 Å². The third-order valence-corrected chi connectivity index (χ3v) is 5.05. The summed E-state index contributed by atoms with van der Waals surface area (Å²) in [6.07, 6.45) is 0. The van der Waals surface area contributed by atoms with Crippen molar-refractivity contribution in [3.63, 3.8) is 0 Å². The Labute approximate surface area is 181 Å². The molecule has 0 aliphatic heterocycles. The van der Waals surface area contributed by atoms with E-state index in [1.165, 1.54) is 4.90 Å². The van der Waals surface area contributed by atoms with Gasteiger partial charge in [0.1, 0.15) is 11.8 Å². The molecule has 0 aromatic heterocycles. The van der Waals surface area contributed by atoms with Gasteiger partial charge >= 0.3 is 0 Å². The number of amides is 2. The lowest BCUT2D eigenvalue weighted by Gasteiger charge is -2.30.